The van der Waals surface area contributed by atoms with E-state index in [1.165, 1.54) is 43.9 Å². The van der Waals surface area contributed by atoms with Gasteiger partial charge in [0.2, 0.25) is 0 Å². The number of nitrogens with one attached hydrogen (secondary N) is 1. The minimum absolute atomic E-state index is 0.649. The standard InChI is InChI=1S/C27H36N4OS/c1-21-26(18-29-24-16-23-9-3-4-10-25(23)30-17-24)28-12-11-27(21)32-14-5-6-15-33-20-22-8-7-13-31(2)19-22/h3-4,9-12,16-17,22,29H,5-8,13-15,18-20H2,1-2H3. The fraction of sp³-hybridized carbons (Fsp3) is 0.481. The number of pyridine rings is 2. The van der Waals surface area contributed by atoms with Gasteiger partial charge < -0.3 is 15.0 Å². The van der Waals surface area contributed by atoms with Crippen LogP contribution in [-0.2, 0) is 6.54 Å². The van der Waals surface area contributed by atoms with Gasteiger partial charge in [0.25, 0.3) is 0 Å². The lowest BCUT2D eigenvalue weighted by Gasteiger charge is -2.29. The molecule has 0 saturated carbocycles. The number of anilines is 1. The Labute approximate surface area is 202 Å². The number of thioether (sulfide) groups is 1. The largest absolute Gasteiger partial charge is 0.493 e. The molecular formula is C27H36N4OS. The summed E-state index contributed by atoms with van der Waals surface area (Å²) in [4.78, 5) is 11.6. The molecule has 1 fully saturated rings. The molecule has 0 bridgehead atoms. The highest BCUT2D eigenvalue weighted by Crippen LogP contribution is 2.23. The number of benzene rings is 1. The fourth-order valence-corrected chi connectivity index (χ4v) is 5.57. The summed E-state index contributed by atoms with van der Waals surface area (Å²) in [5.41, 5.74) is 4.12. The van der Waals surface area contributed by atoms with E-state index in [9.17, 15) is 0 Å². The van der Waals surface area contributed by atoms with E-state index < -0.39 is 0 Å². The van der Waals surface area contributed by atoms with Gasteiger partial charge in [-0.1, -0.05) is 18.2 Å². The van der Waals surface area contributed by atoms with E-state index in [2.05, 4.69) is 58.1 Å². The zero-order chi connectivity index (χ0) is 22.9. The van der Waals surface area contributed by atoms with Crippen LogP contribution in [-0.4, -0.2) is 53.1 Å². The van der Waals surface area contributed by atoms with E-state index in [1.807, 2.05) is 36.7 Å². The number of hydrogen-bond donors (Lipinski definition) is 1. The molecule has 1 aromatic carbocycles. The molecule has 0 aliphatic carbocycles. The predicted molar refractivity (Wildman–Crippen MR) is 140 cm³/mol. The van der Waals surface area contributed by atoms with Crippen LogP contribution in [0.25, 0.3) is 10.9 Å². The Hall–Kier alpha value is -2.31. The number of hydrogen-bond acceptors (Lipinski definition) is 6. The molecule has 4 rings (SSSR count). The molecule has 33 heavy (non-hydrogen) atoms. The van der Waals surface area contributed by atoms with Crippen LogP contribution in [0.15, 0.2) is 48.8 Å². The van der Waals surface area contributed by atoms with E-state index in [1.54, 1.807) is 0 Å². The van der Waals surface area contributed by atoms with Crippen LogP contribution in [0.1, 0.15) is 36.9 Å². The molecule has 0 spiro atoms. The van der Waals surface area contributed by atoms with Crippen molar-refractivity contribution in [3.05, 3.63) is 60.0 Å². The maximum atomic E-state index is 6.10. The normalized spacial score (nSPS) is 16.7. The maximum absolute atomic E-state index is 6.10. The molecule has 6 heteroatoms. The van der Waals surface area contributed by atoms with E-state index >= 15 is 0 Å². The van der Waals surface area contributed by atoms with Gasteiger partial charge in [-0.15, -0.1) is 0 Å². The van der Waals surface area contributed by atoms with Crippen molar-refractivity contribution in [2.24, 2.45) is 5.92 Å². The van der Waals surface area contributed by atoms with E-state index in [4.69, 9.17) is 4.74 Å². The first-order valence-electron chi connectivity index (χ1n) is 12.1. The first kappa shape index (κ1) is 23.8. The van der Waals surface area contributed by atoms with E-state index in [-0.39, 0.29) is 0 Å². The lowest BCUT2D eigenvalue weighted by Crippen LogP contribution is -2.33. The third-order valence-electron chi connectivity index (χ3n) is 6.33. The SMILES string of the molecule is Cc1c(OCCCCSCC2CCCN(C)C2)ccnc1CNc1cnc2ccccc2c1. The summed E-state index contributed by atoms with van der Waals surface area (Å²) in [6.07, 6.45) is 8.78. The molecule has 0 radical (unpaired) electrons. The smallest absolute Gasteiger partial charge is 0.125 e. The molecule has 1 atom stereocenters. The second-order valence-corrected chi connectivity index (χ2v) is 10.2. The minimum Gasteiger partial charge on any atom is -0.493 e. The van der Waals surface area contributed by atoms with Crippen molar-refractivity contribution in [1.82, 2.24) is 14.9 Å². The lowest BCUT2D eigenvalue weighted by atomic mass is 10.0. The Balaban J connectivity index is 1.18. The van der Waals surface area contributed by atoms with E-state index in [0.29, 0.717) is 6.54 Å². The molecule has 1 saturated heterocycles. The molecule has 1 aliphatic rings. The second-order valence-electron chi connectivity index (χ2n) is 9.05. The zero-order valence-electron chi connectivity index (χ0n) is 19.9. The van der Waals surface area contributed by atoms with Gasteiger partial charge in [-0.2, -0.15) is 11.8 Å². The van der Waals surface area contributed by atoms with Crippen molar-refractivity contribution in [2.75, 3.05) is 43.6 Å². The van der Waals surface area contributed by atoms with Gasteiger partial charge in [-0.25, -0.2) is 0 Å². The van der Waals surface area contributed by atoms with Crippen molar-refractivity contribution >= 4 is 28.4 Å². The molecule has 1 N–H and O–H groups in total. The summed E-state index contributed by atoms with van der Waals surface area (Å²) >= 11 is 2.11. The minimum atomic E-state index is 0.649. The Morgan fingerprint density at radius 3 is 3.00 bits per heavy atom. The maximum Gasteiger partial charge on any atom is 0.125 e. The van der Waals surface area contributed by atoms with Crippen LogP contribution in [0.4, 0.5) is 5.69 Å². The first-order valence-corrected chi connectivity index (χ1v) is 13.3. The number of fused-ring (bicyclic) bond motifs is 1. The molecule has 5 nitrogen and oxygen atoms in total. The molecule has 176 valence electrons. The summed E-state index contributed by atoms with van der Waals surface area (Å²) in [5, 5.41) is 4.59. The van der Waals surface area contributed by atoms with Gasteiger partial charge >= 0.3 is 0 Å². The molecule has 2 aromatic heterocycles. The van der Waals surface area contributed by atoms with Gasteiger partial charge in [0.15, 0.2) is 0 Å². The Kier molecular flexibility index (Phi) is 8.84. The highest BCUT2D eigenvalue weighted by atomic mass is 32.2. The van der Waals surface area contributed by atoms with Crippen molar-refractivity contribution in [3.63, 3.8) is 0 Å². The van der Waals surface area contributed by atoms with Gasteiger partial charge in [0, 0.05) is 23.7 Å². The number of aromatic nitrogens is 2. The third kappa shape index (κ3) is 7.08. The van der Waals surface area contributed by atoms with Crippen molar-refractivity contribution < 1.29 is 4.74 Å². The van der Waals surface area contributed by atoms with Gasteiger partial charge in [0.1, 0.15) is 5.75 Å². The summed E-state index contributed by atoms with van der Waals surface area (Å²) in [5.74, 6) is 4.35. The van der Waals surface area contributed by atoms with Gasteiger partial charge in [0.05, 0.1) is 36.2 Å². The summed E-state index contributed by atoms with van der Waals surface area (Å²) in [7, 11) is 2.25. The quantitative estimate of drug-likeness (QED) is 0.363. The highest BCUT2D eigenvalue weighted by molar-refractivity contribution is 7.99. The number of nitrogens with zero attached hydrogens (tertiary/aromatic N) is 3. The Bertz CT molecular complexity index is 1030. The van der Waals surface area contributed by atoms with Crippen LogP contribution >= 0.6 is 11.8 Å². The molecule has 3 aromatic rings. The summed E-state index contributed by atoms with van der Waals surface area (Å²) in [6.45, 7) is 6.04. The number of likely N-dealkylation sites (tertiary alicyclic amines) is 1. The van der Waals surface area contributed by atoms with Crippen LogP contribution in [0, 0.1) is 12.8 Å². The van der Waals surface area contributed by atoms with Crippen LogP contribution < -0.4 is 10.1 Å². The molecule has 0 amide bonds. The monoisotopic (exact) mass is 464 g/mol. The van der Waals surface area contributed by atoms with Crippen LogP contribution in [0.2, 0.25) is 0 Å². The Morgan fingerprint density at radius 1 is 1.18 bits per heavy atom. The average Bonchev–Trinajstić information content (AvgIpc) is 2.83. The lowest BCUT2D eigenvalue weighted by molar-refractivity contribution is 0.224. The van der Waals surface area contributed by atoms with Crippen molar-refractivity contribution in [1.29, 1.82) is 0 Å². The zero-order valence-corrected chi connectivity index (χ0v) is 20.7. The highest BCUT2D eigenvalue weighted by Gasteiger charge is 2.16. The number of unbranched alkanes of at least 4 members (excludes halogenated alkanes) is 1. The Morgan fingerprint density at radius 2 is 2.09 bits per heavy atom. The third-order valence-corrected chi connectivity index (χ3v) is 7.61. The van der Waals surface area contributed by atoms with Crippen LogP contribution in [0.3, 0.4) is 0 Å². The number of rotatable bonds is 11. The van der Waals surface area contributed by atoms with Gasteiger partial charge in [-0.3, -0.25) is 9.97 Å². The summed E-state index contributed by atoms with van der Waals surface area (Å²) in [6, 6.07) is 12.3. The van der Waals surface area contributed by atoms with E-state index in [0.717, 1.165) is 52.5 Å². The predicted octanol–water partition coefficient (Wildman–Crippen LogP) is 5.78. The summed E-state index contributed by atoms with van der Waals surface area (Å²) < 4.78 is 6.10. The molecule has 1 unspecified atom stereocenters. The van der Waals surface area contributed by atoms with Crippen LogP contribution in [0.5, 0.6) is 5.75 Å². The topological polar surface area (TPSA) is 50.3 Å². The molecule has 1 aliphatic heterocycles. The number of para-hydroxylation sites is 1. The number of piperidine rings is 1. The molecular weight excluding hydrogens is 428 g/mol. The first-order chi connectivity index (χ1) is 16.2. The second kappa shape index (κ2) is 12.2. The molecule has 3 heterocycles. The van der Waals surface area contributed by atoms with Crippen molar-refractivity contribution in [3.8, 4) is 5.75 Å². The number of ether oxygens (including phenoxy) is 1. The van der Waals surface area contributed by atoms with Crippen molar-refractivity contribution in [2.45, 2.75) is 39.2 Å². The van der Waals surface area contributed by atoms with Gasteiger partial charge in [-0.05, 0) is 81.8 Å². The average molecular weight is 465 g/mol. The fourth-order valence-electron chi connectivity index (χ4n) is 4.39.